The molecule has 0 fully saturated rings. The Labute approximate surface area is 517 Å². The Hall–Kier alpha value is -2.38. The van der Waals surface area contributed by atoms with Crippen LogP contribution in [0.5, 0.6) is 0 Å². The van der Waals surface area contributed by atoms with Crippen molar-refractivity contribution in [2.45, 2.75) is 432 Å². The van der Waals surface area contributed by atoms with Crippen molar-refractivity contribution in [3.63, 3.8) is 0 Å². The van der Waals surface area contributed by atoms with Crippen LogP contribution in [0.25, 0.3) is 0 Å². The molecular weight excluding hydrogens is 1030 g/mol. The summed E-state index contributed by atoms with van der Waals surface area (Å²) in [5.74, 6) is -1.50. The van der Waals surface area contributed by atoms with Crippen LogP contribution in [0.2, 0.25) is 0 Å². The van der Waals surface area contributed by atoms with E-state index >= 15 is 0 Å². The fraction of sp³-hybridized carbons (Fsp3) is 0.920. The molecule has 83 heavy (non-hydrogen) atoms. The van der Waals surface area contributed by atoms with Crippen molar-refractivity contribution in [3.8, 4) is 0 Å². The summed E-state index contributed by atoms with van der Waals surface area (Å²) in [6.07, 6.45) is 79.2. The predicted molar refractivity (Wildman–Crippen MR) is 358 cm³/mol. The van der Waals surface area contributed by atoms with Crippen molar-refractivity contribution < 1.29 is 38.5 Å². The highest BCUT2D eigenvalue weighted by molar-refractivity contribution is 5.71. The van der Waals surface area contributed by atoms with E-state index in [-0.39, 0.29) is 31.1 Å². The van der Waals surface area contributed by atoms with Gasteiger partial charge in [-0.25, -0.2) is 0 Å². The molecule has 0 aromatic rings. The summed E-state index contributed by atoms with van der Waals surface area (Å²) in [6.45, 7) is 8.96. The third-order valence-corrected chi connectivity index (χ3v) is 16.8. The minimum atomic E-state index is -0.760. The number of hydrogen-bond donors (Lipinski definition) is 1. The second kappa shape index (κ2) is 73.9. The van der Waals surface area contributed by atoms with Crippen molar-refractivity contribution in [3.05, 3.63) is 12.2 Å². The van der Waals surface area contributed by atoms with Crippen LogP contribution in [-0.2, 0) is 33.4 Å². The number of carboxylic acids is 1. The van der Waals surface area contributed by atoms with Crippen molar-refractivity contribution >= 4 is 23.9 Å². The summed E-state index contributed by atoms with van der Waals surface area (Å²) in [4.78, 5) is 48.4. The number of carbonyl (C=O) groups is 4. The highest BCUT2D eigenvalue weighted by Crippen LogP contribution is 2.19. The van der Waals surface area contributed by atoms with Gasteiger partial charge in [0.2, 0.25) is 0 Å². The second-order valence-electron chi connectivity index (χ2n) is 25.3. The van der Waals surface area contributed by atoms with Crippen LogP contribution in [0.3, 0.4) is 0 Å². The molecule has 0 saturated heterocycles. The number of carbonyl (C=O) groups excluding carboxylic acids is 3. The maximum absolute atomic E-state index is 12.8. The Morgan fingerprint density at radius 2 is 0.458 bits per heavy atom. The summed E-state index contributed by atoms with van der Waals surface area (Å²) in [5.41, 5.74) is 0. The molecule has 0 radical (unpaired) electrons. The third-order valence-electron chi connectivity index (χ3n) is 16.8. The number of esters is 3. The molecule has 0 saturated carbocycles. The van der Waals surface area contributed by atoms with E-state index in [2.05, 4.69) is 39.8 Å². The Kier molecular flexibility index (Phi) is 73.6. The number of rotatable bonds is 68. The molecule has 0 spiro atoms. The standard InChI is InChI=1S/C57H110O6.C18H34O2/c1-4-7-10-13-16-19-22-25-28-31-34-37-40-43-46-49-55(58)61-52-54(63-57(60)51-48-45-42-39-36-33-30-27-24-21-18-15-12-9-6-3)53-62-56(59)50-47-44-41-38-35-32-29-26-23-20-17-14-11-8-5-2;1-2-3-4-5-6-7-8-9-10-11-12-13-14-15-16-17-18(19)20/h54H,4-53H2,1-3H3;9-10H,2-8,11-17H2,1H3,(H,19,20). The van der Waals surface area contributed by atoms with Crippen LogP contribution in [0, 0.1) is 0 Å². The average Bonchev–Trinajstić information content (AvgIpc) is 3.47. The first-order valence-corrected chi connectivity index (χ1v) is 37.2. The Morgan fingerprint density at radius 3 is 0.687 bits per heavy atom. The molecule has 1 N–H and O–H groups in total. The predicted octanol–water partition coefficient (Wildman–Crippen LogP) is 24.9. The summed E-state index contributed by atoms with van der Waals surface area (Å²) in [5, 5.41) is 8.51. The van der Waals surface area contributed by atoms with Gasteiger partial charge in [-0.1, -0.05) is 361 Å². The molecule has 0 aliphatic carbocycles. The molecule has 0 bridgehead atoms. The zero-order valence-electron chi connectivity index (χ0n) is 56.3. The first-order valence-electron chi connectivity index (χ1n) is 37.2. The summed E-state index contributed by atoms with van der Waals surface area (Å²) >= 11 is 0. The monoisotopic (exact) mass is 1170 g/mol. The van der Waals surface area contributed by atoms with Crippen molar-refractivity contribution in [1.82, 2.24) is 0 Å². The molecule has 492 valence electrons. The molecule has 0 aliphatic heterocycles. The van der Waals surface area contributed by atoms with Crippen molar-refractivity contribution in [1.29, 1.82) is 0 Å². The van der Waals surface area contributed by atoms with Crippen LogP contribution < -0.4 is 0 Å². The van der Waals surface area contributed by atoms with E-state index in [0.717, 1.165) is 70.6 Å². The van der Waals surface area contributed by atoms with Gasteiger partial charge in [-0.3, -0.25) is 19.2 Å². The van der Waals surface area contributed by atoms with Gasteiger partial charge in [-0.15, -0.1) is 0 Å². The van der Waals surface area contributed by atoms with Gasteiger partial charge in [0, 0.05) is 25.7 Å². The Balaban J connectivity index is 0. The zero-order chi connectivity index (χ0) is 60.7. The SMILES string of the molecule is CCCCCCCCC=CCCCCCCCC(=O)O.CCCCCCCCCCCCCCCCCC(=O)OCC(COC(=O)CCCCCCCCCCCCCCCCC)OC(=O)CCCCCCCCCCCCCCCCC. The fourth-order valence-corrected chi connectivity index (χ4v) is 11.1. The van der Waals surface area contributed by atoms with E-state index < -0.39 is 12.1 Å². The molecule has 0 rings (SSSR count). The maximum atomic E-state index is 12.8. The lowest BCUT2D eigenvalue weighted by Gasteiger charge is -2.18. The number of aliphatic carboxylic acids is 1. The van der Waals surface area contributed by atoms with Crippen LogP contribution in [0.1, 0.15) is 426 Å². The molecule has 0 aromatic carbocycles. The lowest BCUT2D eigenvalue weighted by Crippen LogP contribution is -2.30. The topological polar surface area (TPSA) is 116 Å². The van der Waals surface area contributed by atoms with E-state index in [9.17, 15) is 19.2 Å². The number of unbranched alkanes of at least 4 members (excludes halogenated alkanes) is 53. The summed E-state index contributed by atoms with van der Waals surface area (Å²) in [7, 11) is 0. The van der Waals surface area contributed by atoms with Gasteiger partial charge in [0.1, 0.15) is 13.2 Å². The highest BCUT2D eigenvalue weighted by Gasteiger charge is 2.20. The number of allylic oxidation sites excluding steroid dienone is 2. The minimum absolute atomic E-state index is 0.0611. The smallest absolute Gasteiger partial charge is 0.306 e. The largest absolute Gasteiger partial charge is 0.481 e. The van der Waals surface area contributed by atoms with Gasteiger partial charge in [-0.2, -0.15) is 0 Å². The van der Waals surface area contributed by atoms with Crippen LogP contribution in [0.4, 0.5) is 0 Å². The zero-order valence-corrected chi connectivity index (χ0v) is 56.3. The minimum Gasteiger partial charge on any atom is -0.481 e. The first-order chi connectivity index (χ1) is 40.8. The highest BCUT2D eigenvalue weighted by atomic mass is 16.6. The molecular formula is C75H144O8. The molecule has 0 atom stereocenters. The van der Waals surface area contributed by atoms with E-state index in [1.54, 1.807) is 0 Å². The summed E-state index contributed by atoms with van der Waals surface area (Å²) in [6, 6.07) is 0. The molecule has 0 aliphatic rings. The lowest BCUT2D eigenvalue weighted by atomic mass is 10.0. The maximum Gasteiger partial charge on any atom is 0.306 e. The molecule has 8 heteroatoms. The Morgan fingerprint density at radius 1 is 0.265 bits per heavy atom. The van der Waals surface area contributed by atoms with E-state index in [0.29, 0.717) is 25.7 Å². The summed E-state index contributed by atoms with van der Waals surface area (Å²) < 4.78 is 16.9. The Bertz CT molecular complexity index is 1280. The van der Waals surface area contributed by atoms with Gasteiger partial charge < -0.3 is 19.3 Å². The molecule has 0 heterocycles. The third kappa shape index (κ3) is 75.7. The van der Waals surface area contributed by atoms with E-state index in [4.69, 9.17) is 19.3 Å². The van der Waals surface area contributed by atoms with Crippen molar-refractivity contribution in [2.24, 2.45) is 0 Å². The lowest BCUT2D eigenvalue weighted by molar-refractivity contribution is -0.167. The fourth-order valence-electron chi connectivity index (χ4n) is 11.1. The van der Waals surface area contributed by atoms with Gasteiger partial charge in [0.05, 0.1) is 0 Å². The molecule has 0 aromatic heterocycles. The van der Waals surface area contributed by atoms with Gasteiger partial charge in [0.25, 0.3) is 0 Å². The molecule has 0 unspecified atom stereocenters. The van der Waals surface area contributed by atoms with Crippen LogP contribution in [0.15, 0.2) is 12.2 Å². The molecule has 0 amide bonds. The van der Waals surface area contributed by atoms with Gasteiger partial charge in [-0.05, 0) is 51.4 Å². The molecule has 8 nitrogen and oxygen atoms in total. The quantitative estimate of drug-likeness (QED) is 0.0277. The normalized spacial score (nSPS) is 11.4. The second-order valence-corrected chi connectivity index (χ2v) is 25.3. The van der Waals surface area contributed by atoms with Crippen LogP contribution in [-0.4, -0.2) is 48.3 Å². The number of carboxylic acid groups (broad SMARTS) is 1. The van der Waals surface area contributed by atoms with Crippen LogP contribution >= 0.6 is 0 Å². The average molecular weight is 1170 g/mol. The van der Waals surface area contributed by atoms with Crippen molar-refractivity contribution in [2.75, 3.05) is 13.2 Å². The first kappa shape index (κ1) is 82.7. The number of ether oxygens (including phenoxy) is 3. The van der Waals surface area contributed by atoms with E-state index in [1.165, 1.54) is 302 Å². The van der Waals surface area contributed by atoms with E-state index in [1.807, 2.05) is 0 Å². The van der Waals surface area contributed by atoms with Gasteiger partial charge in [0.15, 0.2) is 6.10 Å². The number of hydrogen-bond acceptors (Lipinski definition) is 7. The van der Waals surface area contributed by atoms with Gasteiger partial charge >= 0.3 is 23.9 Å².